The zero-order chi connectivity index (χ0) is 13.2. The van der Waals surface area contributed by atoms with E-state index in [1.54, 1.807) is 6.20 Å². The van der Waals surface area contributed by atoms with E-state index < -0.39 is 0 Å². The summed E-state index contributed by atoms with van der Waals surface area (Å²) in [5.74, 6) is 0.0923. The Labute approximate surface area is 110 Å². The first-order valence-electron chi connectivity index (χ1n) is 6.37. The molecule has 1 aromatic heterocycles. The van der Waals surface area contributed by atoms with Crippen molar-refractivity contribution >= 4 is 16.7 Å². The quantitative estimate of drug-likeness (QED) is 0.373. The minimum Gasteiger partial charge on any atom is -0.409 e. The first-order chi connectivity index (χ1) is 9.31. The Hall–Kier alpha value is -2.08. The summed E-state index contributed by atoms with van der Waals surface area (Å²) in [7, 11) is 0. The van der Waals surface area contributed by atoms with Crippen molar-refractivity contribution in [2.45, 2.75) is 25.5 Å². The summed E-state index contributed by atoms with van der Waals surface area (Å²) in [5, 5.41) is 17.1. The second kappa shape index (κ2) is 4.89. The van der Waals surface area contributed by atoms with Gasteiger partial charge in [0.05, 0.1) is 11.7 Å². The summed E-state index contributed by atoms with van der Waals surface area (Å²) in [6, 6.07) is 5.65. The number of amidine groups is 1. The van der Waals surface area contributed by atoms with Crippen molar-refractivity contribution in [1.29, 1.82) is 0 Å². The molecule has 0 bridgehead atoms. The zero-order valence-electron chi connectivity index (χ0n) is 10.5. The molecule has 1 unspecified atom stereocenters. The Balaban J connectivity index is 2.08. The van der Waals surface area contributed by atoms with Crippen molar-refractivity contribution in [3.8, 4) is 0 Å². The van der Waals surface area contributed by atoms with Gasteiger partial charge in [-0.15, -0.1) is 0 Å². The summed E-state index contributed by atoms with van der Waals surface area (Å²) in [6.45, 7) is 0.770. The number of benzene rings is 1. The van der Waals surface area contributed by atoms with E-state index in [0.29, 0.717) is 5.56 Å². The van der Waals surface area contributed by atoms with Gasteiger partial charge < -0.3 is 15.7 Å². The van der Waals surface area contributed by atoms with Crippen molar-refractivity contribution in [1.82, 2.24) is 9.78 Å². The van der Waals surface area contributed by atoms with Gasteiger partial charge in [0.1, 0.15) is 0 Å². The van der Waals surface area contributed by atoms with Crippen molar-refractivity contribution in [3.05, 3.63) is 30.0 Å². The Morgan fingerprint density at radius 1 is 1.47 bits per heavy atom. The summed E-state index contributed by atoms with van der Waals surface area (Å²) >= 11 is 0. The van der Waals surface area contributed by atoms with Crippen LogP contribution in [0.5, 0.6) is 0 Å². The molecule has 0 radical (unpaired) electrons. The third-order valence-electron chi connectivity index (χ3n) is 3.45. The van der Waals surface area contributed by atoms with Crippen molar-refractivity contribution in [3.63, 3.8) is 0 Å². The number of hydrogen-bond acceptors (Lipinski definition) is 4. The molecule has 0 aliphatic carbocycles. The Morgan fingerprint density at radius 2 is 2.37 bits per heavy atom. The van der Waals surface area contributed by atoms with Crippen molar-refractivity contribution in [2.75, 3.05) is 6.61 Å². The van der Waals surface area contributed by atoms with Crippen LogP contribution in [0.2, 0.25) is 0 Å². The molecule has 3 rings (SSSR count). The van der Waals surface area contributed by atoms with E-state index in [1.807, 2.05) is 22.9 Å². The van der Waals surface area contributed by atoms with Crippen molar-refractivity contribution in [2.24, 2.45) is 10.9 Å². The summed E-state index contributed by atoms with van der Waals surface area (Å²) < 4.78 is 7.62. The molecule has 1 fully saturated rings. The van der Waals surface area contributed by atoms with Crippen LogP contribution in [0.15, 0.2) is 29.6 Å². The molecule has 0 saturated carbocycles. The van der Waals surface area contributed by atoms with E-state index in [1.165, 1.54) is 0 Å². The van der Waals surface area contributed by atoms with E-state index in [9.17, 15) is 0 Å². The largest absolute Gasteiger partial charge is 0.409 e. The van der Waals surface area contributed by atoms with Gasteiger partial charge in [0.25, 0.3) is 0 Å². The Bertz CT molecular complexity index is 614. The topological polar surface area (TPSA) is 85.7 Å². The molecule has 3 N–H and O–H groups in total. The smallest absolute Gasteiger partial charge is 0.170 e. The highest BCUT2D eigenvalue weighted by Gasteiger charge is 2.19. The van der Waals surface area contributed by atoms with Crippen LogP contribution in [0.4, 0.5) is 0 Å². The molecule has 1 aliphatic rings. The Morgan fingerprint density at radius 3 is 3.11 bits per heavy atom. The lowest BCUT2D eigenvalue weighted by Crippen LogP contribution is -2.19. The first kappa shape index (κ1) is 12.0. The standard InChI is InChI=1S/C13H16N4O2/c14-13(16-18)9-4-3-5-11-10(9)8-15-17(11)12-6-1-2-7-19-12/h3-5,8,12,18H,1-2,6-7H2,(H2,14,16). The predicted octanol–water partition coefficient (Wildman–Crippen LogP) is 1.83. The van der Waals surface area contributed by atoms with Gasteiger partial charge in [-0.05, 0) is 25.3 Å². The molecule has 1 atom stereocenters. The summed E-state index contributed by atoms with van der Waals surface area (Å²) in [6.07, 6.45) is 4.93. The Kier molecular flexibility index (Phi) is 3.08. The molecule has 100 valence electrons. The van der Waals surface area contributed by atoms with Crippen LogP contribution in [-0.4, -0.2) is 27.4 Å². The van der Waals surface area contributed by atoms with Gasteiger partial charge in [0, 0.05) is 17.6 Å². The maximum atomic E-state index is 8.81. The monoisotopic (exact) mass is 260 g/mol. The molecule has 0 amide bonds. The SMILES string of the molecule is N/C(=N\O)c1cccc2c1cnn2C1CCCCO1. The fraction of sp³-hybridized carbons (Fsp3) is 0.385. The molecule has 2 heterocycles. The highest BCUT2D eigenvalue weighted by Crippen LogP contribution is 2.27. The number of rotatable bonds is 2. The molecule has 1 aromatic carbocycles. The van der Waals surface area contributed by atoms with Crippen molar-refractivity contribution < 1.29 is 9.94 Å². The molecule has 2 aromatic rings. The van der Waals surface area contributed by atoms with Crippen LogP contribution in [-0.2, 0) is 4.74 Å². The number of nitrogens with zero attached hydrogens (tertiary/aromatic N) is 3. The lowest BCUT2D eigenvalue weighted by molar-refractivity contribution is -0.0366. The molecule has 1 saturated heterocycles. The molecular formula is C13H16N4O2. The van der Waals surface area contributed by atoms with Gasteiger partial charge >= 0.3 is 0 Å². The molecular weight excluding hydrogens is 244 g/mol. The summed E-state index contributed by atoms with van der Waals surface area (Å²) in [5.41, 5.74) is 7.30. The maximum Gasteiger partial charge on any atom is 0.170 e. The highest BCUT2D eigenvalue weighted by atomic mass is 16.5. The maximum absolute atomic E-state index is 8.81. The van der Waals surface area contributed by atoms with Gasteiger partial charge in [0.15, 0.2) is 12.1 Å². The molecule has 0 spiro atoms. The summed E-state index contributed by atoms with van der Waals surface area (Å²) in [4.78, 5) is 0. The highest BCUT2D eigenvalue weighted by molar-refractivity contribution is 6.07. The molecule has 1 aliphatic heterocycles. The predicted molar refractivity (Wildman–Crippen MR) is 71.1 cm³/mol. The van der Waals surface area contributed by atoms with Gasteiger partial charge in [0.2, 0.25) is 0 Å². The third-order valence-corrected chi connectivity index (χ3v) is 3.45. The van der Waals surface area contributed by atoms with E-state index in [4.69, 9.17) is 15.7 Å². The zero-order valence-corrected chi connectivity index (χ0v) is 10.5. The van der Waals surface area contributed by atoms with Gasteiger partial charge in [-0.2, -0.15) is 5.10 Å². The molecule has 6 heteroatoms. The number of nitrogens with two attached hydrogens (primary N) is 1. The lowest BCUT2D eigenvalue weighted by Gasteiger charge is -2.23. The van der Waals surface area contributed by atoms with E-state index in [0.717, 1.165) is 36.8 Å². The fourth-order valence-electron chi connectivity index (χ4n) is 2.49. The molecule has 6 nitrogen and oxygen atoms in total. The van der Waals surface area contributed by atoms with Gasteiger partial charge in [-0.3, -0.25) is 0 Å². The van der Waals surface area contributed by atoms with Crippen LogP contribution in [0.1, 0.15) is 31.1 Å². The average Bonchev–Trinajstić information content (AvgIpc) is 2.91. The third kappa shape index (κ3) is 2.04. The number of hydrogen-bond donors (Lipinski definition) is 2. The number of ether oxygens (including phenoxy) is 1. The number of fused-ring (bicyclic) bond motifs is 1. The van der Waals surface area contributed by atoms with Gasteiger partial charge in [-0.25, -0.2) is 4.68 Å². The van der Waals surface area contributed by atoms with Crippen LogP contribution >= 0.6 is 0 Å². The van der Waals surface area contributed by atoms with Crippen LogP contribution in [0.3, 0.4) is 0 Å². The second-order valence-electron chi connectivity index (χ2n) is 4.63. The average molecular weight is 260 g/mol. The van der Waals surface area contributed by atoms with E-state index >= 15 is 0 Å². The number of oxime groups is 1. The normalized spacial score (nSPS) is 20.8. The minimum absolute atomic E-state index is 0.0196. The van der Waals surface area contributed by atoms with Gasteiger partial charge in [-0.1, -0.05) is 17.3 Å². The van der Waals surface area contributed by atoms with E-state index in [-0.39, 0.29) is 12.1 Å². The number of aromatic nitrogens is 2. The van der Waals surface area contributed by atoms with Crippen LogP contribution < -0.4 is 5.73 Å². The fourth-order valence-corrected chi connectivity index (χ4v) is 2.49. The van der Waals surface area contributed by atoms with E-state index in [2.05, 4.69) is 10.3 Å². The second-order valence-corrected chi connectivity index (χ2v) is 4.63. The molecule has 19 heavy (non-hydrogen) atoms. The van der Waals surface area contributed by atoms with Crippen LogP contribution in [0.25, 0.3) is 10.9 Å². The minimum atomic E-state index is -0.0196. The first-order valence-corrected chi connectivity index (χ1v) is 6.37. The van der Waals surface area contributed by atoms with Crippen LogP contribution in [0, 0.1) is 0 Å². The lowest BCUT2D eigenvalue weighted by atomic mass is 10.1.